The van der Waals surface area contributed by atoms with Gasteiger partial charge in [0.15, 0.2) is 0 Å². The molecule has 1 aliphatic heterocycles. The van der Waals surface area contributed by atoms with Crippen LogP contribution >= 0.6 is 0 Å². The molecule has 0 radical (unpaired) electrons. The third-order valence-electron chi connectivity index (χ3n) is 13.6. The molecular formula is C61H40N2. The summed E-state index contributed by atoms with van der Waals surface area (Å²) < 4.78 is 2.53. The van der Waals surface area contributed by atoms with Crippen LogP contribution in [0.3, 0.4) is 0 Å². The van der Waals surface area contributed by atoms with Crippen LogP contribution in [-0.2, 0) is 5.41 Å². The largest absolute Gasteiger partial charge is 0.310 e. The number of rotatable bonds is 6. The van der Waals surface area contributed by atoms with E-state index in [0.29, 0.717) is 0 Å². The van der Waals surface area contributed by atoms with Gasteiger partial charge in [0.2, 0.25) is 0 Å². The highest BCUT2D eigenvalue weighted by Crippen LogP contribution is 2.64. The van der Waals surface area contributed by atoms with Gasteiger partial charge in [0.25, 0.3) is 0 Å². The lowest BCUT2D eigenvalue weighted by atomic mass is 9.65. The second-order valence-electron chi connectivity index (χ2n) is 16.8. The standard InChI is InChI=1S/C61H40N2/c1-4-18-41(19-5-1)43-34-37-46(38-35-43)62(56-39-36-45(42-20-6-2-7-21-42)40-51(56)44-22-8-3-9-23-44)58-33-17-26-49-47-24-10-12-28-52(47)61(59(49)58)53-29-13-15-32-57(53)63-55-31-14-11-25-48(55)50-27-16-30-54(61)60(50)63/h1-40H. The summed E-state index contributed by atoms with van der Waals surface area (Å²) in [4.78, 5) is 2.55. The predicted octanol–water partition coefficient (Wildman–Crippen LogP) is 15.9. The van der Waals surface area contributed by atoms with E-state index < -0.39 is 5.41 Å². The summed E-state index contributed by atoms with van der Waals surface area (Å²) in [5, 5.41) is 2.55. The summed E-state index contributed by atoms with van der Waals surface area (Å²) in [5.74, 6) is 0. The maximum absolute atomic E-state index is 2.55. The molecule has 13 rings (SSSR count). The molecular weight excluding hydrogens is 761 g/mol. The van der Waals surface area contributed by atoms with Crippen molar-refractivity contribution in [3.8, 4) is 50.2 Å². The minimum absolute atomic E-state index is 0.637. The first-order valence-electron chi connectivity index (χ1n) is 21.9. The fourth-order valence-corrected chi connectivity index (χ4v) is 11.0. The number of para-hydroxylation sites is 3. The van der Waals surface area contributed by atoms with E-state index in [1.54, 1.807) is 0 Å². The van der Waals surface area contributed by atoms with E-state index in [9.17, 15) is 0 Å². The number of nitrogens with zero attached hydrogens (tertiary/aromatic N) is 2. The normalized spacial score (nSPS) is 14.4. The fraction of sp³-hybridized carbons (Fsp3) is 0.0164. The summed E-state index contributed by atoms with van der Waals surface area (Å²) in [6.07, 6.45) is 0. The second kappa shape index (κ2) is 13.9. The Kier molecular flexibility index (Phi) is 7.85. The first-order chi connectivity index (χ1) is 31.3. The molecule has 1 aliphatic carbocycles. The van der Waals surface area contributed by atoms with E-state index in [1.165, 1.54) is 88.7 Å². The van der Waals surface area contributed by atoms with Crippen molar-refractivity contribution in [2.75, 3.05) is 4.90 Å². The molecule has 0 saturated carbocycles. The highest BCUT2D eigenvalue weighted by Gasteiger charge is 2.52. The van der Waals surface area contributed by atoms with E-state index in [-0.39, 0.29) is 0 Å². The van der Waals surface area contributed by atoms with Crippen molar-refractivity contribution in [2.45, 2.75) is 5.41 Å². The summed E-state index contributed by atoms with van der Waals surface area (Å²) in [5.41, 5.74) is 21.2. The fourth-order valence-electron chi connectivity index (χ4n) is 11.0. The maximum atomic E-state index is 2.55. The molecule has 0 N–H and O–H groups in total. The molecule has 2 nitrogen and oxygen atoms in total. The van der Waals surface area contributed by atoms with Gasteiger partial charge >= 0.3 is 0 Å². The number of fused-ring (bicyclic) bond motifs is 12. The number of hydrogen-bond acceptors (Lipinski definition) is 1. The molecule has 0 bridgehead atoms. The Labute approximate surface area is 367 Å². The van der Waals surface area contributed by atoms with E-state index in [2.05, 4.69) is 252 Å². The Morgan fingerprint density at radius 3 is 1.67 bits per heavy atom. The second-order valence-corrected chi connectivity index (χ2v) is 16.8. The van der Waals surface area contributed by atoms with Gasteiger partial charge in [-0.25, -0.2) is 0 Å². The van der Waals surface area contributed by atoms with E-state index in [0.717, 1.165) is 22.6 Å². The van der Waals surface area contributed by atoms with E-state index in [1.807, 2.05) is 0 Å². The lowest BCUT2D eigenvalue weighted by molar-refractivity contribution is 0.748. The summed E-state index contributed by atoms with van der Waals surface area (Å²) in [6, 6.07) is 89.7. The van der Waals surface area contributed by atoms with Crippen molar-refractivity contribution >= 4 is 38.9 Å². The van der Waals surface area contributed by atoms with E-state index >= 15 is 0 Å². The van der Waals surface area contributed by atoms with Crippen LogP contribution in [0.4, 0.5) is 17.1 Å². The monoisotopic (exact) mass is 800 g/mol. The van der Waals surface area contributed by atoms with Crippen LogP contribution in [0.1, 0.15) is 22.3 Å². The van der Waals surface area contributed by atoms with Crippen molar-refractivity contribution in [2.24, 2.45) is 0 Å². The number of benzene rings is 10. The molecule has 1 aromatic heterocycles. The molecule has 63 heavy (non-hydrogen) atoms. The molecule has 0 fully saturated rings. The number of anilines is 3. The third-order valence-corrected chi connectivity index (χ3v) is 13.6. The SMILES string of the molecule is c1ccc(-c2ccc(N(c3ccc(-c4ccccc4)cc3-c3ccccc3)c3cccc4c3C3(c5ccccc5-4)c4ccccc4-n4c5ccccc5c5cccc3c54)cc2)cc1. The topological polar surface area (TPSA) is 8.17 Å². The zero-order valence-electron chi connectivity index (χ0n) is 34.5. The van der Waals surface area contributed by atoms with Crippen molar-refractivity contribution < 1.29 is 0 Å². The molecule has 2 heteroatoms. The first-order valence-corrected chi connectivity index (χ1v) is 21.9. The highest BCUT2D eigenvalue weighted by atomic mass is 15.2. The Morgan fingerprint density at radius 1 is 0.333 bits per heavy atom. The van der Waals surface area contributed by atoms with Gasteiger partial charge in [-0.05, 0) is 98.1 Å². The Bertz CT molecular complexity index is 3550. The van der Waals surface area contributed by atoms with Crippen LogP contribution < -0.4 is 4.90 Å². The first kappa shape index (κ1) is 35.5. The van der Waals surface area contributed by atoms with Crippen molar-refractivity contribution in [1.29, 1.82) is 0 Å². The van der Waals surface area contributed by atoms with Gasteiger partial charge in [-0.1, -0.05) is 200 Å². The van der Waals surface area contributed by atoms with Crippen LogP contribution in [0, 0.1) is 0 Å². The molecule has 1 atom stereocenters. The Balaban J connectivity index is 1.16. The molecule has 294 valence electrons. The highest BCUT2D eigenvalue weighted by molar-refractivity contribution is 6.13. The molecule has 2 heterocycles. The summed E-state index contributed by atoms with van der Waals surface area (Å²) in [6.45, 7) is 0. The Hall–Kier alpha value is -8.20. The molecule has 11 aromatic rings. The maximum Gasteiger partial charge on any atom is 0.0775 e. The van der Waals surface area contributed by atoms with Gasteiger partial charge in [-0.2, -0.15) is 0 Å². The molecule has 10 aromatic carbocycles. The molecule has 2 aliphatic rings. The average Bonchev–Trinajstić information content (AvgIpc) is 3.86. The molecule has 1 unspecified atom stereocenters. The zero-order valence-corrected chi connectivity index (χ0v) is 34.5. The minimum Gasteiger partial charge on any atom is -0.310 e. The van der Waals surface area contributed by atoms with Gasteiger partial charge in [0.05, 0.1) is 33.5 Å². The van der Waals surface area contributed by atoms with Crippen LogP contribution in [0.25, 0.3) is 72.0 Å². The summed E-state index contributed by atoms with van der Waals surface area (Å²) >= 11 is 0. The average molecular weight is 801 g/mol. The van der Waals surface area contributed by atoms with Gasteiger partial charge in [-0.3, -0.25) is 0 Å². The molecule has 0 saturated heterocycles. The van der Waals surface area contributed by atoms with Gasteiger partial charge in [0, 0.05) is 27.6 Å². The minimum atomic E-state index is -0.637. The van der Waals surface area contributed by atoms with Gasteiger partial charge in [0.1, 0.15) is 0 Å². The smallest absolute Gasteiger partial charge is 0.0775 e. The quantitative estimate of drug-likeness (QED) is 0.163. The van der Waals surface area contributed by atoms with Crippen LogP contribution in [0.5, 0.6) is 0 Å². The van der Waals surface area contributed by atoms with Gasteiger partial charge in [-0.15, -0.1) is 0 Å². The van der Waals surface area contributed by atoms with Gasteiger partial charge < -0.3 is 9.47 Å². The Morgan fingerprint density at radius 2 is 0.889 bits per heavy atom. The van der Waals surface area contributed by atoms with Crippen molar-refractivity contribution in [3.63, 3.8) is 0 Å². The lowest BCUT2D eigenvalue weighted by Crippen LogP contribution is -2.34. The number of aromatic nitrogens is 1. The van der Waals surface area contributed by atoms with E-state index in [4.69, 9.17) is 0 Å². The van der Waals surface area contributed by atoms with Crippen LogP contribution in [-0.4, -0.2) is 4.57 Å². The predicted molar refractivity (Wildman–Crippen MR) is 263 cm³/mol. The van der Waals surface area contributed by atoms with Crippen molar-refractivity contribution in [3.05, 3.63) is 265 Å². The van der Waals surface area contributed by atoms with Crippen molar-refractivity contribution in [1.82, 2.24) is 4.57 Å². The lowest BCUT2D eigenvalue weighted by Gasteiger charge is -2.42. The third kappa shape index (κ3) is 5.13. The molecule has 0 amide bonds. The van der Waals surface area contributed by atoms with Crippen LogP contribution in [0.2, 0.25) is 0 Å². The van der Waals surface area contributed by atoms with Crippen LogP contribution in [0.15, 0.2) is 243 Å². The number of hydrogen-bond donors (Lipinski definition) is 0. The zero-order chi connectivity index (χ0) is 41.5. The molecule has 1 spiro atoms. The summed E-state index contributed by atoms with van der Waals surface area (Å²) in [7, 11) is 0.